The van der Waals surface area contributed by atoms with Crippen molar-refractivity contribution in [1.29, 1.82) is 0 Å². The SMILES string of the molecule is C[C@]12Cc3ccccc3[C@H](O)[C@H](CN1)c1ccccc12. The molecular formula is C18H19NO. The third-order valence-corrected chi connectivity index (χ3v) is 4.97. The van der Waals surface area contributed by atoms with Crippen LogP contribution in [-0.4, -0.2) is 11.7 Å². The van der Waals surface area contributed by atoms with Gasteiger partial charge in [0.25, 0.3) is 0 Å². The van der Waals surface area contributed by atoms with E-state index in [0.29, 0.717) is 0 Å². The molecule has 0 amide bonds. The van der Waals surface area contributed by atoms with Crippen molar-refractivity contribution in [3.63, 3.8) is 0 Å². The van der Waals surface area contributed by atoms with E-state index in [9.17, 15) is 5.11 Å². The number of aliphatic hydroxyl groups is 1. The number of fused-ring (bicyclic) bond motifs is 1. The number of rotatable bonds is 0. The van der Waals surface area contributed by atoms with Crippen LogP contribution in [0.25, 0.3) is 0 Å². The molecule has 2 heteroatoms. The zero-order valence-electron chi connectivity index (χ0n) is 11.6. The minimum Gasteiger partial charge on any atom is -0.388 e. The van der Waals surface area contributed by atoms with E-state index in [1.54, 1.807) is 0 Å². The van der Waals surface area contributed by atoms with Crippen molar-refractivity contribution in [2.45, 2.75) is 30.9 Å². The number of nitrogens with one attached hydrogen (secondary N) is 1. The topological polar surface area (TPSA) is 32.3 Å². The van der Waals surface area contributed by atoms with E-state index in [1.165, 1.54) is 16.7 Å². The molecule has 0 aromatic heterocycles. The number of hydrogen-bond acceptors (Lipinski definition) is 2. The molecule has 2 bridgehead atoms. The predicted octanol–water partition coefficient (Wildman–Crippen LogP) is 2.88. The summed E-state index contributed by atoms with van der Waals surface area (Å²) in [6, 6.07) is 16.9. The highest BCUT2D eigenvalue weighted by Gasteiger charge is 2.41. The van der Waals surface area contributed by atoms with Gasteiger partial charge >= 0.3 is 0 Å². The lowest BCUT2D eigenvalue weighted by molar-refractivity contribution is 0.120. The molecule has 1 aliphatic carbocycles. The van der Waals surface area contributed by atoms with Crippen molar-refractivity contribution in [1.82, 2.24) is 5.32 Å². The van der Waals surface area contributed by atoms with Crippen LogP contribution >= 0.6 is 0 Å². The maximum Gasteiger partial charge on any atom is 0.0873 e. The summed E-state index contributed by atoms with van der Waals surface area (Å²) >= 11 is 0. The highest BCUT2D eigenvalue weighted by atomic mass is 16.3. The van der Waals surface area contributed by atoms with Gasteiger partial charge in [-0.2, -0.15) is 0 Å². The van der Waals surface area contributed by atoms with Crippen LogP contribution in [0.5, 0.6) is 0 Å². The van der Waals surface area contributed by atoms with Gasteiger partial charge in [-0.15, -0.1) is 0 Å². The molecule has 0 spiro atoms. The molecule has 0 saturated heterocycles. The average molecular weight is 265 g/mol. The van der Waals surface area contributed by atoms with Crippen molar-refractivity contribution >= 4 is 0 Å². The third kappa shape index (κ3) is 1.58. The maximum atomic E-state index is 10.8. The molecule has 102 valence electrons. The van der Waals surface area contributed by atoms with Gasteiger partial charge in [0.05, 0.1) is 6.10 Å². The Balaban J connectivity index is 1.97. The fourth-order valence-electron chi connectivity index (χ4n) is 3.88. The van der Waals surface area contributed by atoms with E-state index in [0.717, 1.165) is 18.5 Å². The first kappa shape index (κ1) is 12.1. The van der Waals surface area contributed by atoms with Crippen LogP contribution < -0.4 is 5.32 Å². The van der Waals surface area contributed by atoms with Crippen LogP contribution in [0, 0.1) is 0 Å². The molecule has 2 aliphatic heterocycles. The van der Waals surface area contributed by atoms with Crippen molar-refractivity contribution in [2.24, 2.45) is 0 Å². The maximum absolute atomic E-state index is 10.8. The summed E-state index contributed by atoms with van der Waals surface area (Å²) < 4.78 is 0. The quantitative estimate of drug-likeness (QED) is 0.767. The predicted molar refractivity (Wildman–Crippen MR) is 79.6 cm³/mol. The summed E-state index contributed by atoms with van der Waals surface area (Å²) in [4.78, 5) is 0. The zero-order chi connectivity index (χ0) is 13.7. The summed E-state index contributed by atoms with van der Waals surface area (Å²) in [6.45, 7) is 3.11. The lowest BCUT2D eigenvalue weighted by atomic mass is 9.70. The molecule has 2 N–H and O–H groups in total. The molecule has 20 heavy (non-hydrogen) atoms. The molecule has 2 heterocycles. The standard InChI is InChI=1S/C18H19NO/c1-18-10-12-6-2-3-7-13(12)17(20)15(11-19-18)14-8-4-5-9-16(14)18/h2-9,15,17,19-20H,10-11H2,1H3/t15-,17+,18-/m1/s1. The Bertz CT molecular complexity index is 666. The Labute approximate surface area is 119 Å². The van der Waals surface area contributed by atoms with Gasteiger partial charge in [-0.1, -0.05) is 48.5 Å². The Morgan fingerprint density at radius 2 is 1.75 bits per heavy atom. The lowest BCUT2D eigenvalue weighted by Crippen LogP contribution is -2.50. The van der Waals surface area contributed by atoms with Crippen molar-refractivity contribution < 1.29 is 5.11 Å². The third-order valence-electron chi connectivity index (χ3n) is 4.97. The summed E-state index contributed by atoms with van der Waals surface area (Å²) in [7, 11) is 0. The van der Waals surface area contributed by atoms with E-state index in [4.69, 9.17) is 0 Å². The van der Waals surface area contributed by atoms with Crippen LogP contribution in [0.4, 0.5) is 0 Å². The van der Waals surface area contributed by atoms with E-state index in [1.807, 2.05) is 6.07 Å². The number of benzene rings is 2. The van der Waals surface area contributed by atoms with Crippen LogP contribution in [0.1, 0.15) is 41.2 Å². The van der Waals surface area contributed by atoms with Crippen LogP contribution in [0.15, 0.2) is 48.5 Å². The number of aliphatic hydroxyl groups excluding tert-OH is 1. The lowest BCUT2D eigenvalue weighted by Gasteiger charge is -2.45. The molecule has 3 atom stereocenters. The minimum atomic E-state index is -0.426. The van der Waals surface area contributed by atoms with Crippen LogP contribution in [-0.2, 0) is 12.0 Å². The Morgan fingerprint density at radius 3 is 2.60 bits per heavy atom. The van der Waals surface area contributed by atoms with E-state index in [2.05, 4.69) is 54.7 Å². The normalized spacial score (nSPS) is 31.1. The van der Waals surface area contributed by atoms with Gasteiger partial charge in [0.15, 0.2) is 0 Å². The van der Waals surface area contributed by atoms with E-state index < -0.39 is 6.10 Å². The summed E-state index contributed by atoms with van der Waals surface area (Å²) in [5.74, 6) is 0.140. The molecule has 2 nitrogen and oxygen atoms in total. The van der Waals surface area contributed by atoms with Crippen molar-refractivity contribution in [3.8, 4) is 0 Å². The van der Waals surface area contributed by atoms with Gasteiger partial charge in [0.2, 0.25) is 0 Å². The summed E-state index contributed by atoms with van der Waals surface area (Å²) in [5.41, 5.74) is 4.96. The van der Waals surface area contributed by atoms with Gasteiger partial charge in [0, 0.05) is 18.0 Å². The van der Waals surface area contributed by atoms with Crippen molar-refractivity contribution in [2.75, 3.05) is 6.54 Å². The first-order chi connectivity index (χ1) is 9.69. The second kappa shape index (κ2) is 4.18. The molecular weight excluding hydrogens is 246 g/mol. The van der Waals surface area contributed by atoms with Gasteiger partial charge < -0.3 is 10.4 Å². The molecule has 3 aliphatic rings. The molecule has 0 unspecified atom stereocenters. The highest BCUT2D eigenvalue weighted by molar-refractivity contribution is 5.46. The Kier molecular flexibility index (Phi) is 2.53. The second-order valence-electron chi connectivity index (χ2n) is 6.23. The first-order valence-corrected chi connectivity index (χ1v) is 7.29. The first-order valence-electron chi connectivity index (χ1n) is 7.29. The molecule has 2 aromatic carbocycles. The Hall–Kier alpha value is -1.64. The monoisotopic (exact) mass is 265 g/mol. The zero-order valence-corrected chi connectivity index (χ0v) is 11.6. The second-order valence-corrected chi connectivity index (χ2v) is 6.23. The summed E-state index contributed by atoms with van der Waals surface area (Å²) in [6.07, 6.45) is 0.494. The Morgan fingerprint density at radius 1 is 1.05 bits per heavy atom. The number of hydrogen-bond donors (Lipinski definition) is 2. The van der Waals surface area contributed by atoms with E-state index >= 15 is 0 Å². The molecule has 5 rings (SSSR count). The molecule has 2 aromatic rings. The van der Waals surface area contributed by atoms with E-state index in [-0.39, 0.29) is 11.5 Å². The van der Waals surface area contributed by atoms with Crippen LogP contribution in [0.2, 0.25) is 0 Å². The minimum absolute atomic E-state index is 0.0384. The summed E-state index contributed by atoms with van der Waals surface area (Å²) in [5, 5.41) is 14.5. The van der Waals surface area contributed by atoms with Crippen LogP contribution in [0.3, 0.4) is 0 Å². The van der Waals surface area contributed by atoms with Gasteiger partial charge in [-0.05, 0) is 35.6 Å². The fourth-order valence-corrected chi connectivity index (χ4v) is 3.88. The molecule has 0 radical (unpaired) electrons. The highest BCUT2D eigenvalue weighted by Crippen LogP contribution is 2.45. The largest absolute Gasteiger partial charge is 0.388 e. The molecule has 0 fully saturated rings. The smallest absolute Gasteiger partial charge is 0.0873 e. The fraction of sp³-hybridized carbons (Fsp3) is 0.333. The van der Waals surface area contributed by atoms with Gasteiger partial charge in [-0.3, -0.25) is 0 Å². The molecule has 0 saturated carbocycles. The van der Waals surface area contributed by atoms with Crippen molar-refractivity contribution in [3.05, 3.63) is 70.8 Å². The van der Waals surface area contributed by atoms with Gasteiger partial charge in [-0.25, -0.2) is 0 Å². The average Bonchev–Trinajstić information content (AvgIpc) is 2.46. The van der Waals surface area contributed by atoms with Gasteiger partial charge in [0.1, 0.15) is 0 Å².